The van der Waals surface area contributed by atoms with E-state index in [0.717, 1.165) is 23.1 Å². The number of hydrogen-bond acceptors (Lipinski definition) is 2. The van der Waals surface area contributed by atoms with Crippen LogP contribution in [0.2, 0.25) is 10.0 Å². The predicted molar refractivity (Wildman–Crippen MR) is 66.0 cm³/mol. The van der Waals surface area contributed by atoms with Gasteiger partial charge in [-0.15, -0.1) is 0 Å². The summed E-state index contributed by atoms with van der Waals surface area (Å²) in [5.41, 5.74) is 0. The fraction of sp³-hybridized carbons (Fsp3) is 0.300. The molecule has 0 saturated heterocycles. The molecule has 1 aromatic rings. The first-order chi connectivity index (χ1) is 7.13. The summed E-state index contributed by atoms with van der Waals surface area (Å²) in [6.45, 7) is 2.69. The summed E-state index contributed by atoms with van der Waals surface area (Å²) >= 11 is 12.7. The van der Waals surface area contributed by atoms with Crippen molar-refractivity contribution in [1.82, 2.24) is 5.32 Å². The molecular weight excluding hydrogens is 253 g/mol. The van der Waals surface area contributed by atoms with Gasteiger partial charge in [0.2, 0.25) is 0 Å². The van der Waals surface area contributed by atoms with Gasteiger partial charge in [-0.25, -0.2) is 0 Å². The molecule has 82 valence electrons. The van der Waals surface area contributed by atoms with E-state index in [-0.39, 0.29) is 5.24 Å². The smallest absolute Gasteiger partial charge is 0.283 e. The molecule has 0 heterocycles. The van der Waals surface area contributed by atoms with Crippen molar-refractivity contribution >= 4 is 40.2 Å². The van der Waals surface area contributed by atoms with Crippen LogP contribution in [0, 0.1) is 0 Å². The molecule has 0 fully saturated rings. The van der Waals surface area contributed by atoms with Gasteiger partial charge in [0.25, 0.3) is 5.24 Å². The van der Waals surface area contributed by atoms with E-state index in [1.54, 1.807) is 18.2 Å². The lowest BCUT2D eigenvalue weighted by Gasteiger charge is -2.03. The molecule has 1 amide bonds. The molecule has 0 aliphatic heterocycles. The van der Waals surface area contributed by atoms with Crippen LogP contribution in [0.3, 0.4) is 0 Å². The van der Waals surface area contributed by atoms with Crippen molar-refractivity contribution in [3.8, 4) is 0 Å². The minimum atomic E-state index is -0.0739. The maximum absolute atomic E-state index is 11.3. The molecule has 1 N–H and O–H groups in total. The van der Waals surface area contributed by atoms with Gasteiger partial charge in [-0.3, -0.25) is 4.79 Å². The molecule has 0 radical (unpaired) electrons. The summed E-state index contributed by atoms with van der Waals surface area (Å²) in [6.07, 6.45) is 0.924. The summed E-state index contributed by atoms with van der Waals surface area (Å²) in [4.78, 5) is 12.1. The Labute approximate surface area is 103 Å². The van der Waals surface area contributed by atoms with Gasteiger partial charge in [-0.05, 0) is 36.4 Å². The third-order valence-corrected chi connectivity index (χ3v) is 3.18. The third kappa shape index (κ3) is 4.33. The Bertz CT molecular complexity index is 357. The standard InChI is InChI=1S/C10H11Cl2NOS/c1-2-5-13-10(14)15-7-3-4-8(11)9(12)6-7/h3-4,6H,2,5H2,1H3,(H,13,14). The first kappa shape index (κ1) is 12.7. The highest BCUT2D eigenvalue weighted by molar-refractivity contribution is 8.13. The molecule has 5 heteroatoms. The van der Waals surface area contributed by atoms with E-state index in [4.69, 9.17) is 23.2 Å². The van der Waals surface area contributed by atoms with Crippen molar-refractivity contribution in [3.05, 3.63) is 28.2 Å². The Morgan fingerprint density at radius 2 is 2.13 bits per heavy atom. The van der Waals surface area contributed by atoms with E-state index >= 15 is 0 Å². The molecule has 0 spiro atoms. The van der Waals surface area contributed by atoms with Crippen LogP contribution in [0.1, 0.15) is 13.3 Å². The molecule has 0 bridgehead atoms. The first-order valence-electron chi connectivity index (χ1n) is 4.54. The largest absolute Gasteiger partial charge is 0.347 e. The van der Waals surface area contributed by atoms with Gasteiger partial charge >= 0.3 is 0 Å². The van der Waals surface area contributed by atoms with Gasteiger partial charge in [0.05, 0.1) is 10.0 Å². The van der Waals surface area contributed by atoms with Gasteiger partial charge in [0.15, 0.2) is 0 Å². The molecular formula is C10H11Cl2NOS. The van der Waals surface area contributed by atoms with Crippen LogP contribution in [0.5, 0.6) is 0 Å². The zero-order valence-corrected chi connectivity index (χ0v) is 10.5. The number of amides is 1. The number of nitrogens with one attached hydrogen (secondary N) is 1. The van der Waals surface area contributed by atoms with E-state index in [1.807, 2.05) is 6.92 Å². The first-order valence-corrected chi connectivity index (χ1v) is 6.11. The van der Waals surface area contributed by atoms with Crippen LogP contribution in [-0.4, -0.2) is 11.8 Å². The van der Waals surface area contributed by atoms with Crippen LogP contribution in [-0.2, 0) is 0 Å². The number of thioether (sulfide) groups is 1. The van der Waals surface area contributed by atoms with E-state index in [0.29, 0.717) is 16.6 Å². The Morgan fingerprint density at radius 1 is 1.40 bits per heavy atom. The van der Waals surface area contributed by atoms with Crippen molar-refractivity contribution in [2.24, 2.45) is 0 Å². The average Bonchev–Trinajstić information content (AvgIpc) is 2.20. The SMILES string of the molecule is CCCNC(=O)Sc1ccc(Cl)c(Cl)c1. The van der Waals surface area contributed by atoms with Gasteiger partial charge in [-0.2, -0.15) is 0 Å². The van der Waals surface area contributed by atoms with Crippen LogP contribution in [0.4, 0.5) is 4.79 Å². The fourth-order valence-corrected chi connectivity index (χ4v) is 1.97. The Morgan fingerprint density at radius 3 is 2.73 bits per heavy atom. The van der Waals surface area contributed by atoms with Crippen LogP contribution in [0.15, 0.2) is 23.1 Å². The highest BCUT2D eigenvalue weighted by Crippen LogP contribution is 2.28. The average molecular weight is 264 g/mol. The number of carbonyl (C=O) groups is 1. The molecule has 1 aromatic carbocycles. The summed E-state index contributed by atoms with van der Waals surface area (Å²) in [6, 6.07) is 5.13. The molecule has 0 atom stereocenters. The number of rotatable bonds is 3. The number of benzene rings is 1. The Hall–Kier alpha value is -0.380. The van der Waals surface area contributed by atoms with E-state index < -0.39 is 0 Å². The maximum atomic E-state index is 11.3. The van der Waals surface area contributed by atoms with Crippen molar-refractivity contribution in [2.45, 2.75) is 18.2 Å². The summed E-state index contributed by atoms with van der Waals surface area (Å²) in [7, 11) is 0. The van der Waals surface area contributed by atoms with E-state index in [9.17, 15) is 4.79 Å². The lowest BCUT2D eigenvalue weighted by molar-refractivity contribution is 0.260. The highest BCUT2D eigenvalue weighted by Gasteiger charge is 2.05. The molecule has 0 aromatic heterocycles. The van der Waals surface area contributed by atoms with Gasteiger partial charge < -0.3 is 5.32 Å². The van der Waals surface area contributed by atoms with Crippen molar-refractivity contribution in [2.75, 3.05) is 6.54 Å². The molecule has 15 heavy (non-hydrogen) atoms. The minimum Gasteiger partial charge on any atom is -0.347 e. The second kappa shape index (κ2) is 6.26. The van der Waals surface area contributed by atoms with Crippen molar-refractivity contribution in [1.29, 1.82) is 0 Å². The molecule has 0 aliphatic carbocycles. The summed E-state index contributed by atoms with van der Waals surface area (Å²) in [5.74, 6) is 0. The lowest BCUT2D eigenvalue weighted by Crippen LogP contribution is -2.18. The lowest BCUT2D eigenvalue weighted by atomic mass is 10.4. The predicted octanol–water partition coefficient (Wildman–Crippen LogP) is 4.21. The van der Waals surface area contributed by atoms with E-state index in [1.165, 1.54) is 0 Å². The molecule has 0 saturated carbocycles. The summed E-state index contributed by atoms with van der Waals surface area (Å²) in [5, 5.41) is 3.65. The second-order valence-corrected chi connectivity index (χ2v) is 4.75. The van der Waals surface area contributed by atoms with Crippen molar-refractivity contribution < 1.29 is 4.79 Å². The highest BCUT2D eigenvalue weighted by atomic mass is 35.5. The zero-order chi connectivity index (χ0) is 11.3. The number of carbonyl (C=O) groups excluding carboxylic acids is 1. The van der Waals surface area contributed by atoms with Crippen LogP contribution >= 0.6 is 35.0 Å². The van der Waals surface area contributed by atoms with Crippen LogP contribution < -0.4 is 5.32 Å². The van der Waals surface area contributed by atoms with Crippen LogP contribution in [0.25, 0.3) is 0 Å². The van der Waals surface area contributed by atoms with E-state index in [2.05, 4.69) is 5.32 Å². The van der Waals surface area contributed by atoms with Gasteiger partial charge in [0, 0.05) is 11.4 Å². The Balaban J connectivity index is 2.57. The number of hydrogen-bond donors (Lipinski definition) is 1. The summed E-state index contributed by atoms with van der Waals surface area (Å²) < 4.78 is 0. The zero-order valence-electron chi connectivity index (χ0n) is 8.22. The topological polar surface area (TPSA) is 29.1 Å². The Kier molecular flexibility index (Phi) is 5.29. The van der Waals surface area contributed by atoms with Gasteiger partial charge in [0.1, 0.15) is 0 Å². The molecule has 0 aliphatic rings. The van der Waals surface area contributed by atoms with Gasteiger partial charge in [-0.1, -0.05) is 30.1 Å². The quantitative estimate of drug-likeness (QED) is 0.829. The molecule has 1 rings (SSSR count). The fourth-order valence-electron chi connectivity index (χ4n) is 0.911. The third-order valence-electron chi connectivity index (χ3n) is 1.62. The minimum absolute atomic E-state index is 0.0739. The molecule has 2 nitrogen and oxygen atoms in total. The monoisotopic (exact) mass is 263 g/mol. The maximum Gasteiger partial charge on any atom is 0.283 e. The number of halogens is 2. The normalized spacial score (nSPS) is 10.1. The second-order valence-electron chi connectivity index (χ2n) is 2.89. The van der Waals surface area contributed by atoms with Crippen molar-refractivity contribution in [3.63, 3.8) is 0 Å². The molecule has 0 unspecified atom stereocenters.